The quantitative estimate of drug-likeness (QED) is 0.168. The molecule has 0 unspecified atom stereocenters. The third-order valence-electron chi connectivity index (χ3n) is 13.6. The molecule has 2 aliphatic rings. The summed E-state index contributed by atoms with van der Waals surface area (Å²) in [6.45, 7) is 0. The van der Waals surface area contributed by atoms with E-state index in [1.54, 1.807) is 0 Å². The normalized spacial score (nSPS) is 12.7. The molecule has 1 aromatic heterocycles. The van der Waals surface area contributed by atoms with E-state index in [2.05, 4.69) is 231 Å². The number of hydrogen-bond donors (Lipinski definition) is 0. The van der Waals surface area contributed by atoms with Crippen molar-refractivity contribution in [3.8, 4) is 89.8 Å². The maximum Gasteiger partial charge on any atom is 0.164 e. The van der Waals surface area contributed by atoms with Crippen molar-refractivity contribution in [3.63, 3.8) is 0 Å². The fourth-order valence-electron chi connectivity index (χ4n) is 10.7. The molecule has 65 heavy (non-hydrogen) atoms. The van der Waals surface area contributed by atoms with Crippen molar-refractivity contribution in [3.05, 3.63) is 259 Å². The van der Waals surface area contributed by atoms with Crippen LogP contribution in [0.2, 0.25) is 0 Å². The molecule has 0 N–H and O–H groups in total. The van der Waals surface area contributed by atoms with E-state index in [1.165, 1.54) is 50.1 Å². The Hall–Kier alpha value is -8.53. The third-order valence-corrected chi connectivity index (χ3v) is 13.6. The van der Waals surface area contributed by atoms with Gasteiger partial charge in [0.15, 0.2) is 17.5 Å². The Kier molecular flexibility index (Phi) is 8.44. The zero-order valence-corrected chi connectivity index (χ0v) is 35.4. The van der Waals surface area contributed by atoms with Crippen LogP contribution in [-0.4, -0.2) is 15.0 Å². The average molecular weight is 826 g/mol. The summed E-state index contributed by atoms with van der Waals surface area (Å²) in [5.41, 5.74) is 19.8. The predicted molar refractivity (Wildman–Crippen MR) is 266 cm³/mol. The molecular weight excluding hydrogens is 787 g/mol. The zero-order valence-electron chi connectivity index (χ0n) is 35.4. The molecule has 0 fully saturated rings. The molecule has 3 heteroatoms. The second kappa shape index (κ2) is 14.8. The Morgan fingerprint density at radius 1 is 0.231 bits per heavy atom. The van der Waals surface area contributed by atoms with Gasteiger partial charge in [-0.05, 0) is 101 Å². The minimum absolute atomic E-state index is 0.430. The fraction of sp³-hybridized carbons (Fsp3) is 0.0161. The Labute approximate surface area is 378 Å². The van der Waals surface area contributed by atoms with E-state index >= 15 is 0 Å². The van der Waals surface area contributed by atoms with Gasteiger partial charge in [-0.1, -0.05) is 224 Å². The van der Waals surface area contributed by atoms with Crippen molar-refractivity contribution in [2.75, 3.05) is 0 Å². The first-order valence-corrected chi connectivity index (χ1v) is 22.3. The van der Waals surface area contributed by atoms with Gasteiger partial charge in [-0.2, -0.15) is 0 Å². The molecule has 0 aliphatic heterocycles. The summed E-state index contributed by atoms with van der Waals surface area (Å²) in [7, 11) is 0. The van der Waals surface area contributed by atoms with Gasteiger partial charge >= 0.3 is 0 Å². The Morgan fingerprint density at radius 3 is 1.35 bits per heavy atom. The van der Waals surface area contributed by atoms with Crippen LogP contribution >= 0.6 is 0 Å². The van der Waals surface area contributed by atoms with Crippen LogP contribution in [0.5, 0.6) is 0 Å². The van der Waals surface area contributed by atoms with E-state index < -0.39 is 5.41 Å². The lowest BCUT2D eigenvalue weighted by molar-refractivity contribution is 0.794. The van der Waals surface area contributed by atoms with Gasteiger partial charge in [0.05, 0.1) is 5.41 Å². The van der Waals surface area contributed by atoms with Crippen LogP contribution in [0.3, 0.4) is 0 Å². The van der Waals surface area contributed by atoms with Gasteiger partial charge in [0.1, 0.15) is 0 Å². The first-order valence-electron chi connectivity index (χ1n) is 22.3. The second-order valence-corrected chi connectivity index (χ2v) is 17.0. The van der Waals surface area contributed by atoms with Gasteiger partial charge in [0, 0.05) is 16.7 Å². The van der Waals surface area contributed by atoms with Gasteiger partial charge in [-0.15, -0.1) is 0 Å². The lowest BCUT2D eigenvalue weighted by Gasteiger charge is -2.30. The summed E-state index contributed by atoms with van der Waals surface area (Å²) >= 11 is 0. The molecule has 0 saturated carbocycles. The highest BCUT2D eigenvalue weighted by atomic mass is 15.0. The summed E-state index contributed by atoms with van der Waals surface area (Å²) < 4.78 is 0. The predicted octanol–water partition coefficient (Wildman–Crippen LogP) is 15.4. The van der Waals surface area contributed by atoms with Crippen molar-refractivity contribution in [2.24, 2.45) is 0 Å². The number of fused-ring (bicyclic) bond motifs is 11. The van der Waals surface area contributed by atoms with Gasteiger partial charge in [0.2, 0.25) is 0 Å². The minimum atomic E-state index is -0.430. The Balaban J connectivity index is 1.00. The largest absolute Gasteiger partial charge is 0.208 e. The number of rotatable bonds is 6. The van der Waals surface area contributed by atoms with Gasteiger partial charge in [0.25, 0.3) is 0 Å². The van der Waals surface area contributed by atoms with E-state index in [0.29, 0.717) is 17.5 Å². The molecule has 10 aromatic carbocycles. The Morgan fingerprint density at radius 2 is 0.677 bits per heavy atom. The highest BCUT2D eigenvalue weighted by Gasteiger charge is 2.51. The molecule has 0 bridgehead atoms. The molecular formula is C62H39N3. The number of benzene rings is 10. The van der Waals surface area contributed by atoms with Crippen LogP contribution in [0.1, 0.15) is 22.3 Å². The molecule has 13 rings (SSSR count). The molecule has 11 aromatic rings. The van der Waals surface area contributed by atoms with Crippen molar-refractivity contribution in [2.45, 2.75) is 5.41 Å². The van der Waals surface area contributed by atoms with Gasteiger partial charge in [-0.25, -0.2) is 15.0 Å². The highest BCUT2D eigenvalue weighted by Crippen LogP contribution is 2.63. The SMILES string of the molecule is c1ccc(-c2ccc(-c3nc(-c4ccc(-c5ccc6c(c5)C5(c7ccccc7-c7ccccc75)c5ccccc5-6)c(-c5ccccc5)c4)nc(-c4cccc5ccccc45)n3)cc2)cc1. The highest BCUT2D eigenvalue weighted by molar-refractivity contribution is 5.98. The van der Waals surface area contributed by atoms with E-state index in [-0.39, 0.29) is 0 Å². The third kappa shape index (κ3) is 5.79. The lowest BCUT2D eigenvalue weighted by Crippen LogP contribution is -2.25. The first-order chi connectivity index (χ1) is 32.2. The first kappa shape index (κ1) is 37.1. The van der Waals surface area contributed by atoms with E-state index in [4.69, 9.17) is 15.0 Å². The van der Waals surface area contributed by atoms with Crippen molar-refractivity contribution in [1.29, 1.82) is 0 Å². The Bertz CT molecular complexity index is 3580. The van der Waals surface area contributed by atoms with Crippen molar-refractivity contribution >= 4 is 10.8 Å². The van der Waals surface area contributed by atoms with Gasteiger partial charge in [-0.3, -0.25) is 0 Å². The maximum absolute atomic E-state index is 5.29. The summed E-state index contributed by atoms with van der Waals surface area (Å²) in [4.78, 5) is 15.7. The molecule has 1 spiro atoms. The topological polar surface area (TPSA) is 38.7 Å². The van der Waals surface area contributed by atoms with Crippen LogP contribution in [0, 0.1) is 0 Å². The smallest absolute Gasteiger partial charge is 0.164 e. The summed E-state index contributed by atoms with van der Waals surface area (Å²) in [6, 6.07) is 85.3. The summed E-state index contributed by atoms with van der Waals surface area (Å²) in [6.07, 6.45) is 0. The molecule has 0 amide bonds. The second-order valence-electron chi connectivity index (χ2n) is 17.0. The van der Waals surface area contributed by atoms with Crippen molar-refractivity contribution < 1.29 is 0 Å². The molecule has 0 saturated heterocycles. The summed E-state index contributed by atoms with van der Waals surface area (Å²) in [5.74, 6) is 1.89. The average Bonchev–Trinajstić information content (AvgIpc) is 3.86. The molecule has 1 heterocycles. The molecule has 0 atom stereocenters. The van der Waals surface area contributed by atoms with Crippen LogP contribution in [0.4, 0.5) is 0 Å². The lowest BCUT2D eigenvalue weighted by atomic mass is 9.70. The standard InChI is InChI=1S/C62H39N3/c1-3-16-40(17-4-1)41-30-32-44(33-31-41)59-63-60(65-61(64-59)53-26-15-21-42-20-7-8-22-47(42)53)46-35-36-48(54(38-46)43-18-5-2-6-19-43)45-34-37-52-51-25-11-14-29-57(51)62(58(52)39-45)55-27-12-9-23-49(55)50-24-10-13-28-56(50)62/h1-39H. The van der Waals surface area contributed by atoms with E-state index in [0.717, 1.165) is 55.3 Å². The molecule has 0 radical (unpaired) electrons. The molecule has 3 nitrogen and oxygen atoms in total. The van der Waals surface area contributed by atoms with Crippen LogP contribution in [0.15, 0.2) is 237 Å². The van der Waals surface area contributed by atoms with E-state index in [1.807, 2.05) is 6.07 Å². The number of aromatic nitrogens is 3. The fourth-order valence-corrected chi connectivity index (χ4v) is 10.7. The molecule has 302 valence electrons. The maximum atomic E-state index is 5.29. The zero-order chi connectivity index (χ0) is 42.9. The van der Waals surface area contributed by atoms with Crippen LogP contribution in [-0.2, 0) is 5.41 Å². The summed E-state index contributed by atoms with van der Waals surface area (Å²) in [5, 5.41) is 2.24. The van der Waals surface area contributed by atoms with Crippen molar-refractivity contribution in [1.82, 2.24) is 15.0 Å². The number of hydrogen-bond acceptors (Lipinski definition) is 3. The monoisotopic (exact) mass is 825 g/mol. The minimum Gasteiger partial charge on any atom is -0.208 e. The van der Waals surface area contributed by atoms with Gasteiger partial charge < -0.3 is 0 Å². The van der Waals surface area contributed by atoms with E-state index in [9.17, 15) is 0 Å². The number of nitrogens with zero attached hydrogens (tertiary/aromatic N) is 3. The van der Waals surface area contributed by atoms with Crippen LogP contribution < -0.4 is 0 Å². The molecule has 2 aliphatic carbocycles. The van der Waals surface area contributed by atoms with Crippen LogP contribution in [0.25, 0.3) is 101 Å².